The Morgan fingerprint density at radius 2 is 2.05 bits per heavy atom. The number of para-hydroxylation sites is 1. The van der Waals surface area contributed by atoms with Crippen LogP contribution >= 0.6 is 15.9 Å². The summed E-state index contributed by atoms with van der Waals surface area (Å²) in [6.07, 6.45) is 1.56. The van der Waals surface area contributed by atoms with Crippen molar-refractivity contribution < 1.29 is 14.7 Å². The number of carbonyl (C=O) groups is 2. The number of rotatable bonds is 6. The van der Waals surface area contributed by atoms with Gasteiger partial charge < -0.3 is 15.7 Å². The zero-order valence-electron chi connectivity index (χ0n) is 12.4. The van der Waals surface area contributed by atoms with E-state index in [4.69, 9.17) is 5.11 Å². The minimum atomic E-state index is -0.815. The molecule has 0 aromatic heterocycles. The van der Waals surface area contributed by atoms with E-state index < -0.39 is 5.97 Å². The fourth-order valence-electron chi connectivity index (χ4n) is 2.58. The average Bonchev–Trinajstić information content (AvgIpc) is 2.42. The molecule has 1 aliphatic carbocycles. The van der Waals surface area contributed by atoms with Gasteiger partial charge in [0.1, 0.15) is 0 Å². The Kier molecular flexibility index (Phi) is 5.79. The minimum Gasteiger partial charge on any atom is -0.480 e. The summed E-state index contributed by atoms with van der Waals surface area (Å²) in [6, 6.07) is 7.50. The molecule has 2 amide bonds. The first-order chi connectivity index (χ1) is 10.5. The number of carbonyl (C=O) groups excluding carboxylic acids is 1. The minimum absolute atomic E-state index is 0.0526. The smallest absolute Gasteiger partial charge is 0.319 e. The van der Waals surface area contributed by atoms with E-state index in [-0.39, 0.29) is 24.7 Å². The number of likely N-dealkylation sites (N-methyl/N-ethyl adjacent to an activating group) is 1. The highest BCUT2D eigenvalue weighted by Gasteiger charge is 2.34. The van der Waals surface area contributed by atoms with E-state index in [1.54, 1.807) is 0 Å². The van der Waals surface area contributed by atoms with Crippen molar-refractivity contribution in [1.29, 1.82) is 0 Å². The SMILES string of the molecule is CCN(CC(=O)O)C1CC(NC(=O)Nc2ccccc2Br)C1. The van der Waals surface area contributed by atoms with Crippen LogP contribution in [0.5, 0.6) is 0 Å². The molecule has 3 N–H and O–H groups in total. The number of urea groups is 1. The maximum Gasteiger partial charge on any atom is 0.319 e. The van der Waals surface area contributed by atoms with Crippen LogP contribution in [0.2, 0.25) is 0 Å². The number of hydrogen-bond acceptors (Lipinski definition) is 3. The fraction of sp³-hybridized carbons (Fsp3) is 0.467. The molecule has 1 aliphatic rings. The van der Waals surface area contributed by atoms with Crippen LogP contribution in [0.3, 0.4) is 0 Å². The number of aliphatic carboxylic acids is 1. The van der Waals surface area contributed by atoms with Gasteiger partial charge in [-0.15, -0.1) is 0 Å². The second kappa shape index (κ2) is 7.60. The lowest BCUT2D eigenvalue weighted by Gasteiger charge is -2.42. The molecule has 0 unspecified atom stereocenters. The highest BCUT2D eigenvalue weighted by Crippen LogP contribution is 2.26. The first-order valence-corrected chi connectivity index (χ1v) is 8.06. The maximum absolute atomic E-state index is 11.9. The molecule has 0 bridgehead atoms. The molecule has 1 aromatic rings. The Labute approximate surface area is 138 Å². The Balaban J connectivity index is 1.76. The van der Waals surface area contributed by atoms with Gasteiger partial charge in [-0.1, -0.05) is 19.1 Å². The first kappa shape index (κ1) is 16.8. The molecule has 0 saturated heterocycles. The van der Waals surface area contributed by atoms with Gasteiger partial charge in [0.05, 0.1) is 12.2 Å². The molecule has 0 atom stereocenters. The monoisotopic (exact) mass is 369 g/mol. The van der Waals surface area contributed by atoms with Crippen LogP contribution in [-0.4, -0.2) is 47.2 Å². The number of amides is 2. The molecule has 2 rings (SSSR count). The van der Waals surface area contributed by atoms with Gasteiger partial charge in [0.15, 0.2) is 0 Å². The maximum atomic E-state index is 11.9. The van der Waals surface area contributed by atoms with Crippen molar-refractivity contribution in [3.05, 3.63) is 28.7 Å². The topological polar surface area (TPSA) is 81.7 Å². The number of carboxylic acids is 1. The van der Waals surface area contributed by atoms with Crippen molar-refractivity contribution in [3.8, 4) is 0 Å². The van der Waals surface area contributed by atoms with Crippen molar-refractivity contribution in [2.75, 3.05) is 18.4 Å². The third kappa shape index (κ3) is 4.45. The zero-order valence-corrected chi connectivity index (χ0v) is 14.0. The van der Waals surface area contributed by atoms with E-state index in [1.165, 1.54) is 0 Å². The van der Waals surface area contributed by atoms with E-state index in [0.717, 1.165) is 23.0 Å². The fourth-order valence-corrected chi connectivity index (χ4v) is 2.97. The second-order valence-corrected chi connectivity index (χ2v) is 6.21. The predicted octanol–water partition coefficient (Wildman–Crippen LogP) is 2.51. The largest absolute Gasteiger partial charge is 0.480 e. The molecule has 6 nitrogen and oxygen atoms in total. The van der Waals surface area contributed by atoms with Crippen molar-refractivity contribution in [2.24, 2.45) is 0 Å². The van der Waals surface area contributed by atoms with Crippen LogP contribution in [0, 0.1) is 0 Å². The summed E-state index contributed by atoms with van der Waals surface area (Å²) in [5.74, 6) is -0.815. The van der Waals surface area contributed by atoms with Gasteiger partial charge in [0, 0.05) is 16.6 Å². The first-order valence-electron chi connectivity index (χ1n) is 7.27. The summed E-state index contributed by atoms with van der Waals surface area (Å²) in [7, 11) is 0. The number of halogens is 1. The zero-order chi connectivity index (χ0) is 16.1. The average molecular weight is 370 g/mol. The summed E-state index contributed by atoms with van der Waals surface area (Å²) in [6.45, 7) is 2.70. The molecular formula is C15H20BrN3O3. The Hall–Kier alpha value is -1.60. The molecule has 0 heterocycles. The van der Waals surface area contributed by atoms with Gasteiger partial charge in [-0.05, 0) is 47.4 Å². The number of benzene rings is 1. The lowest BCUT2D eigenvalue weighted by atomic mass is 9.85. The molecular weight excluding hydrogens is 350 g/mol. The predicted molar refractivity (Wildman–Crippen MR) is 88.0 cm³/mol. The molecule has 7 heteroatoms. The van der Waals surface area contributed by atoms with Crippen LogP contribution in [0.25, 0.3) is 0 Å². The number of carboxylic acid groups (broad SMARTS) is 1. The van der Waals surface area contributed by atoms with E-state index in [1.807, 2.05) is 36.1 Å². The number of anilines is 1. The number of nitrogens with one attached hydrogen (secondary N) is 2. The van der Waals surface area contributed by atoms with Gasteiger partial charge in [0.2, 0.25) is 0 Å². The normalized spacial score (nSPS) is 20.3. The van der Waals surface area contributed by atoms with Gasteiger partial charge in [-0.25, -0.2) is 4.79 Å². The van der Waals surface area contributed by atoms with E-state index in [9.17, 15) is 9.59 Å². The lowest BCUT2D eigenvalue weighted by Crippen LogP contribution is -2.55. The van der Waals surface area contributed by atoms with Gasteiger partial charge in [0.25, 0.3) is 0 Å². The summed E-state index contributed by atoms with van der Waals surface area (Å²) in [5, 5.41) is 14.6. The Bertz CT molecular complexity index is 547. The standard InChI is InChI=1S/C15H20BrN3O3/c1-2-19(9-14(20)21)11-7-10(8-11)17-15(22)18-13-6-4-3-5-12(13)16/h3-6,10-11H,2,7-9H2,1H3,(H,20,21)(H2,17,18,22). The van der Waals surface area contributed by atoms with Gasteiger partial charge in [-0.3, -0.25) is 9.69 Å². The van der Waals surface area contributed by atoms with Crippen molar-refractivity contribution in [1.82, 2.24) is 10.2 Å². The van der Waals surface area contributed by atoms with Crippen molar-refractivity contribution >= 4 is 33.6 Å². The van der Waals surface area contributed by atoms with Crippen molar-refractivity contribution in [2.45, 2.75) is 31.8 Å². The summed E-state index contributed by atoms with van der Waals surface area (Å²) in [4.78, 5) is 24.6. The van der Waals surface area contributed by atoms with Crippen LogP contribution in [-0.2, 0) is 4.79 Å². The highest BCUT2D eigenvalue weighted by atomic mass is 79.9. The summed E-state index contributed by atoms with van der Waals surface area (Å²) < 4.78 is 0.829. The van der Waals surface area contributed by atoms with E-state index in [0.29, 0.717) is 6.54 Å². The third-order valence-corrected chi connectivity index (χ3v) is 4.52. The van der Waals surface area contributed by atoms with Crippen LogP contribution in [0.4, 0.5) is 10.5 Å². The molecule has 1 fully saturated rings. The molecule has 120 valence electrons. The Morgan fingerprint density at radius 1 is 1.36 bits per heavy atom. The highest BCUT2D eigenvalue weighted by molar-refractivity contribution is 9.10. The van der Waals surface area contributed by atoms with Gasteiger partial charge >= 0.3 is 12.0 Å². The quantitative estimate of drug-likeness (QED) is 0.719. The molecule has 0 radical (unpaired) electrons. The number of hydrogen-bond donors (Lipinski definition) is 3. The lowest BCUT2D eigenvalue weighted by molar-refractivity contribution is -0.139. The van der Waals surface area contributed by atoms with Gasteiger partial charge in [-0.2, -0.15) is 0 Å². The summed E-state index contributed by atoms with van der Waals surface area (Å²) in [5.41, 5.74) is 0.719. The molecule has 1 saturated carbocycles. The Morgan fingerprint density at radius 3 is 2.64 bits per heavy atom. The van der Waals surface area contributed by atoms with E-state index >= 15 is 0 Å². The molecule has 22 heavy (non-hydrogen) atoms. The van der Waals surface area contributed by atoms with Crippen LogP contribution in [0.1, 0.15) is 19.8 Å². The second-order valence-electron chi connectivity index (χ2n) is 5.36. The van der Waals surface area contributed by atoms with Crippen molar-refractivity contribution in [3.63, 3.8) is 0 Å². The molecule has 0 aliphatic heterocycles. The van der Waals surface area contributed by atoms with E-state index in [2.05, 4.69) is 26.6 Å². The molecule has 0 spiro atoms. The van der Waals surface area contributed by atoms with Crippen LogP contribution in [0.15, 0.2) is 28.7 Å². The summed E-state index contributed by atoms with van der Waals surface area (Å²) >= 11 is 3.38. The molecule has 1 aromatic carbocycles. The third-order valence-electron chi connectivity index (χ3n) is 3.83. The number of nitrogens with zero attached hydrogens (tertiary/aromatic N) is 1. The van der Waals surface area contributed by atoms with Crippen LogP contribution < -0.4 is 10.6 Å².